The van der Waals surface area contributed by atoms with Crippen molar-refractivity contribution in [3.63, 3.8) is 0 Å². The van der Waals surface area contributed by atoms with Gasteiger partial charge in [0.15, 0.2) is 0 Å². The van der Waals surface area contributed by atoms with Crippen LogP contribution in [0.5, 0.6) is 0 Å². The van der Waals surface area contributed by atoms with Gasteiger partial charge in [-0.3, -0.25) is 0 Å². The lowest BCUT2D eigenvalue weighted by molar-refractivity contribution is 0.329. The summed E-state index contributed by atoms with van der Waals surface area (Å²) in [5.74, 6) is 0.908. The van der Waals surface area contributed by atoms with Gasteiger partial charge in [-0.2, -0.15) is 0 Å². The Morgan fingerprint density at radius 3 is 2.86 bits per heavy atom. The minimum absolute atomic E-state index is 0.312. The maximum atomic E-state index is 3.53. The molecule has 2 N–H and O–H groups in total. The molecule has 1 unspecified atom stereocenters. The summed E-state index contributed by atoms with van der Waals surface area (Å²) in [4.78, 5) is 0. The number of hydrogen-bond donors (Lipinski definition) is 2. The molecule has 84 valence electrons. The third kappa shape index (κ3) is 4.43. The molecule has 0 bridgehead atoms. The highest BCUT2D eigenvalue weighted by Gasteiger charge is 2.18. The molecule has 0 aromatic heterocycles. The second-order valence-electron chi connectivity index (χ2n) is 5.24. The number of nitrogens with one attached hydrogen (secondary N) is 2. The highest BCUT2D eigenvalue weighted by atomic mass is 14.9. The van der Waals surface area contributed by atoms with Crippen LogP contribution in [0.3, 0.4) is 0 Å². The van der Waals surface area contributed by atoms with E-state index in [2.05, 4.69) is 31.5 Å². The van der Waals surface area contributed by atoms with Crippen LogP contribution in [0.2, 0.25) is 0 Å². The summed E-state index contributed by atoms with van der Waals surface area (Å²) in [5.41, 5.74) is 0.312. The highest BCUT2D eigenvalue weighted by Crippen LogP contribution is 2.21. The second kappa shape index (κ2) is 5.72. The van der Waals surface area contributed by atoms with E-state index in [1.807, 2.05) is 0 Å². The van der Waals surface area contributed by atoms with Crippen LogP contribution < -0.4 is 10.6 Å². The van der Waals surface area contributed by atoms with Gasteiger partial charge in [-0.15, -0.1) is 0 Å². The van der Waals surface area contributed by atoms with Crippen molar-refractivity contribution >= 4 is 0 Å². The summed E-state index contributed by atoms with van der Waals surface area (Å²) < 4.78 is 0. The van der Waals surface area contributed by atoms with Crippen LogP contribution in [-0.2, 0) is 0 Å². The fraction of sp³-hybridized carbons (Fsp3) is 1.00. The summed E-state index contributed by atoms with van der Waals surface area (Å²) in [7, 11) is 2.06. The standard InChI is InChI=1S/C12H26N2/c1-12(2,13-3)8-7-11-6-4-5-9-14-10-11/h11,13-14H,4-10H2,1-3H3. The fourth-order valence-electron chi connectivity index (χ4n) is 2.03. The summed E-state index contributed by atoms with van der Waals surface area (Å²) in [6.45, 7) is 7.04. The van der Waals surface area contributed by atoms with Crippen LogP contribution in [0.4, 0.5) is 0 Å². The molecule has 0 aromatic rings. The molecule has 1 aliphatic heterocycles. The van der Waals surface area contributed by atoms with Crippen LogP contribution in [0.15, 0.2) is 0 Å². The van der Waals surface area contributed by atoms with E-state index in [4.69, 9.17) is 0 Å². The molecule has 1 heterocycles. The molecule has 1 rings (SSSR count). The predicted octanol–water partition coefficient (Wildman–Crippen LogP) is 2.15. The molecule has 0 saturated carbocycles. The quantitative estimate of drug-likeness (QED) is 0.723. The van der Waals surface area contributed by atoms with Gasteiger partial charge in [0.1, 0.15) is 0 Å². The first-order valence-electron chi connectivity index (χ1n) is 6.04. The van der Waals surface area contributed by atoms with E-state index in [1.54, 1.807) is 0 Å². The molecule has 0 amide bonds. The van der Waals surface area contributed by atoms with Crippen molar-refractivity contribution in [2.24, 2.45) is 5.92 Å². The van der Waals surface area contributed by atoms with Gasteiger partial charge in [0.05, 0.1) is 0 Å². The average Bonchev–Trinajstić information content (AvgIpc) is 2.43. The van der Waals surface area contributed by atoms with Crippen molar-refractivity contribution in [2.45, 2.75) is 51.5 Å². The molecule has 2 nitrogen and oxygen atoms in total. The maximum absolute atomic E-state index is 3.53. The SMILES string of the molecule is CNC(C)(C)CCC1CCCCNC1. The van der Waals surface area contributed by atoms with E-state index in [0.717, 1.165) is 5.92 Å². The maximum Gasteiger partial charge on any atom is 0.0122 e. The molecule has 1 atom stereocenters. The van der Waals surface area contributed by atoms with Crippen LogP contribution in [0, 0.1) is 5.92 Å². The van der Waals surface area contributed by atoms with E-state index in [9.17, 15) is 0 Å². The third-order valence-electron chi connectivity index (χ3n) is 3.50. The zero-order valence-electron chi connectivity index (χ0n) is 10.0. The smallest absolute Gasteiger partial charge is 0.0122 e. The molecule has 1 aliphatic rings. The minimum atomic E-state index is 0.312. The molecule has 0 aliphatic carbocycles. The van der Waals surface area contributed by atoms with Gasteiger partial charge < -0.3 is 10.6 Å². The van der Waals surface area contributed by atoms with Gasteiger partial charge in [-0.05, 0) is 65.6 Å². The number of rotatable bonds is 4. The topological polar surface area (TPSA) is 24.1 Å². The van der Waals surface area contributed by atoms with Gasteiger partial charge in [0.2, 0.25) is 0 Å². The van der Waals surface area contributed by atoms with Crippen molar-refractivity contribution in [3.05, 3.63) is 0 Å². The molecule has 1 fully saturated rings. The van der Waals surface area contributed by atoms with Crippen molar-refractivity contribution in [1.29, 1.82) is 0 Å². The van der Waals surface area contributed by atoms with E-state index >= 15 is 0 Å². The molecular weight excluding hydrogens is 172 g/mol. The summed E-state index contributed by atoms with van der Waals surface area (Å²) >= 11 is 0. The monoisotopic (exact) mass is 198 g/mol. The van der Waals surface area contributed by atoms with Crippen LogP contribution in [0.1, 0.15) is 46.0 Å². The Balaban J connectivity index is 2.22. The zero-order chi connectivity index (χ0) is 10.4. The molecule has 0 radical (unpaired) electrons. The van der Waals surface area contributed by atoms with Crippen molar-refractivity contribution < 1.29 is 0 Å². The number of hydrogen-bond acceptors (Lipinski definition) is 2. The Labute approximate surface area is 88.8 Å². The largest absolute Gasteiger partial charge is 0.316 e. The van der Waals surface area contributed by atoms with E-state index in [-0.39, 0.29) is 0 Å². The summed E-state index contributed by atoms with van der Waals surface area (Å²) in [6, 6.07) is 0. The van der Waals surface area contributed by atoms with Crippen LogP contribution in [0.25, 0.3) is 0 Å². The van der Waals surface area contributed by atoms with Gasteiger partial charge in [-0.25, -0.2) is 0 Å². The minimum Gasteiger partial charge on any atom is -0.316 e. The third-order valence-corrected chi connectivity index (χ3v) is 3.50. The normalized spacial score (nSPS) is 24.6. The molecular formula is C12H26N2. The molecule has 1 saturated heterocycles. The molecule has 14 heavy (non-hydrogen) atoms. The molecule has 2 heteroatoms. The lowest BCUT2D eigenvalue weighted by Crippen LogP contribution is -2.37. The average molecular weight is 198 g/mol. The van der Waals surface area contributed by atoms with Crippen molar-refractivity contribution in [2.75, 3.05) is 20.1 Å². The lowest BCUT2D eigenvalue weighted by atomic mass is 9.90. The van der Waals surface area contributed by atoms with Gasteiger partial charge in [-0.1, -0.05) is 6.42 Å². The molecule has 0 aromatic carbocycles. The summed E-state index contributed by atoms with van der Waals surface area (Å²) in [6.07, 6.45) is 6.85. The highest BCUT2D eigenvalue weighted by molar-refractivity contribution is 4.78. The van der Waals surface area contributed by atoms with Crippen LogP contribution in [-0.4, -0.2) is 25.7 Å². The predicted molar refractivity (Wildman–Crippen MR) is 62.6 cm³/mol. The van der Waals surface area contributed by atoms with Crippen molar-refractivity contribution in [3.8, 4) is 0 Å². The Bertz CT molecular complexity index is 146. The Hall–Kier alpha value is -0.0800. The lowest BCUT2D eigenvalue weighted by Gasteiger charge is -2.26. The summed E-state index contributed by atoms with van der Waals surface area (Å²) in [5, 5.41) is 6.91. The first-order chi connectivity index (χ1) is 6.64. The van der Waals surface area contributed by atoms with E-state index in [1.165, 1.54) is 45.2 Å². The first-order valence-corrected chi connectivity index (χ1v) is 6.04. The van der Waals surface area contributed by atoms with Crippen LogP contribution >= 0.6 is 0 Å². The fourth-order valence-corrected chi connectivity index (χ4v) is 2.03. The zero-order valence-corrected chi connectivity index (χ0v) is 10.0. The second-order valence-corrected chi connectivity index (χ2v) is 5.24. The Morgan fingerprint density at radius 1 is 1.36 bits per heavy atom. The van der Waals surface area contributed by atoms with Crippen molar-refractivity contribution in [1.82, 2.24) is 10.6 Å². The molecule has 0 spiro atoms. The first kappa shape index (κ1) is 12.0. The van der Waals surface area contributed by atoms with Gasteiger partial charge in [0, 0.05) is 5.54 Å². The Morgan fingerprint density at radius 2 is 2.14 bits per heavy atom. The van der Waals surface area contributed by atoms with Gasteiger partial charge >= 0.3 is 0 Å². The van der Waals surface area contributed by atoms with E-state index in [0.29, 0.717) is 5.54 Å². The van der Waals surface area contributed by atoms with E-state index < -0.39 is 0 Å². The van der Waals surface area contributed by atoms with Gasteiger partial charge in [0.25, 0.3) is 0 Å². The Kier molecular flexibility index (Phi) is 4.90.